The molecule has 2 aromatic rings. The molecule has 0 radical (unpaired) electrons. The number of rotatable bonds is 7. The van der Waals surface area contributed by atoms with Crippen LogP contribution < -0.4 is 11.1 Å². The minimum absolute atomic E-state index is 0. The fourth-order valence-corrected chi connectivity index (χ4v) is 2.77. The van der Waals surface area contributed by atoms with Gasteiger partial charge < -0.3 is 11.1 Å². The van der Waals surface area contributed by atoms with Crippen molar-refractivity contribution < 1.29 is 4.79 Å². The van der Waals surface area contributed by atoms with E-state index in [1.165, 1.54) is 11.1 Å². The highest BCUT2D eigenvalue weighted by Gasteiger charge is 2.15. The van der Waals surface area contributed by atoms with Gasteiger partial charge >= 0.3 is 0 Å². The molecular formula is C20H31ClN4O. The van der Waals surface area contributed by atoms with Crippen LogP contribution in [0.25, 0.3) is 0 Å². The zero-order chi connectivity index (χ0) is 18.6. The summed E-state index contributed by atoms with van der Waals surface area (Å²) in [5.41, 5.74) is 11.3. The van der Waals surface area contributed by atoms with Gasteiger partial charge in [0.2, 0.25) is 5.91 Å². The molecule has 144 valence electrons. The summed E-state index contributed by atoms with van der Waals surface area (Å²) >= 11 is 0. The molecule has 1 amide bonds. The second kappa shape index (κ2) is 9.19. The molecule has 3 N–H and O–H groups in total. The van der Waals surface area contributed by atoms with Crippen LogP contribution in [0.3, 0.4) is 0 Å². The first-order valence-electron chi connectivity index (χ1n) is 8.80. The van der Waals surface area contributed by atoms with Crippen molar-refractivity contribution >= 4 is 18.3 Å². The summed E-state index contributed by atoms with van der Waals surface area (Å²) in [5, 5.41) is 7.55. The number of carbonyl (C=O) groups is 1. The molecule has 2 rings (SSSR count). The van der Waals surface area contributed by atoms with Crippen molar-refractivity contribution in [1.82, 2.24) is 15.1 Å². The van der Waals surface area contributed by atoms with Gasteiger partial charge in [0.1, 0.15) is 0 Å². The number of nitrogens with zero attached hydrogens (tertiary/aromatic N) is 2. The van der Waals surface area contributed by atoms with Gasteiger partial charge in [-0.05, 0) is 52.2 Å². The van der Waals surface area contributed by atoms with Gasteiger partial charge in [0.15, 0.2) is 0 Å². The molecular weight excluding hydrogens is 348 g/mol. The second-order valence-electron chi connectivity index (χ2n) is 7.56. The fourth-order valence-electron chi connectivity index (χ4n) is 2.77. The summed E-state index contributed by atoms with van der Waals surface area (Å²) in [6, 6.07) is 8.50. The van der Waals surface area contributed by atoms with Crippen LogP contribution in [0.1, 0.15) is 48.3 Å². The lowest BCUT2D eigenvalue weighted by Gasteiger charge is -2.18. The van der Waals surface area contributed by atoms with Crippen molar-refractivity contribution in [2.24, 2.45) is 5.73 Å². The zero-order valence-electron chi connectivity index (χ0n) is 16.4. The lowest BCUT2D eigenvalue weighted by atomic mass is 10.1. The minimum atomic E-state index is -0.388. The number of amides is 1. The summed E-state index contributed by atoms with van der Waals surface area (Å²) < 4.78 is 2.02. The molecule has 0 atom stereocenters. The Labute approximate surface area is 162 Å². The van der Waals surface area contributed by atoms with E-state index in [1.54, 1.807) is 0 Å². The monoisotopic (exact) mass is 378 g/mol. The lowest BCUT2D eigenvalue weighted by Crippen LogP contribution is -2.45. The minimum Gasteiger partial charge on any atom is -0.354 e. The predicted octanol–water partition coefficient (Wildman–Crippen LogP) is 3.06. The molecule has 1 heterocycles. The zero-order valence-corrected chi connectivity index (χ0v) is 17.2. The van der Waals surface area contributed by atoms with Gasteiger partial charge in [0, 0.05) is 24.2 Å². The van der Waals surface area contributed by atoms with E-state index in [2.05, 4.69) is 48.5 Å². The summed E-state index contributed by atoms with van der Waals surface area (Å²) in [5.74, 6) is 0.0311. The van der Waals surface area contributed by atoms with Gasteiger partial charge in [0.05, 0.1) is 12.2 Å². The topological polar surface area (TPSA) is 72.9 Å². The SMILES string of the molecule is Cc1ccc(Cn2nc(C)c(CCC(=O)NCC(C)(C)N)c2C)cc1.Cl. The molecule has 0 aliphatic heterocycles. The first kappa shape index (κ1) is 22.2. The van der Waals surface area contributed by atoms with Crippen LogP contribution in [0.2, 0.25) is 0 Å². The van der Waals surface area contributed by atoms with E-state index < -0.39 is 0 Å². The summed E-state index contributed by atoms with van der Waals surface area (Å²) in [4.78, 5) is 12.0. The lowest BCUT2D eigenvalue weighted by molar-refractivity contribution is -0.121. The second-order valence-corrected chi connectivity index (χ2v) is 7.56. The fraction of sp³-hybridized carbons (Fsp3) is 0.500. The predicted molar refractivity (Wildman–Crippen MR) is 109 cm³/mol. The standard InChI is InChI=1S/C20H30N4O.ClH/c1-14-6-8-17(9-7-14)12-24-16(3)18(15(2)23-24)10-11-19(25)22-13-20(4,5)21;/h6-9H,10-13,21H2,1-5H3,(H,22,25);1H. The molecule has 0 unspecified atom stereocenters. The number of aromatic nitrogens is 2. The van der Waals surface area contributed by atoms with Crippen LogP contribution in [0.4, 0.5) is 0 Å². The van der Waals surface area contributed by atoms with Gasteiger partial charge in [-0.15, -0.1) is 12.4 Å². The average molecular weight is 379 g/mol. The Morgan fingerprint density at radius 3 is 2.38 bits per heavy atom. The Hall–Kier alpha value is -1.85. The smallest absolute Gasteiger partial charge is 0.220 e. The van der Waals surface area contributed by atoms with Crippen molar-refractivity contribution in [1.29, 1.82) is 0 Å². The maximum atomic E-state index is 12.0. The number of hydrogen-bond acceptors (Lipinski definition) is 3. The van der Waals surface area contributed by atoms with Crippen molar-refractivity contribution in [3.8, 4) is 0 Å². The highest BCUT2D eigenvalue weighted by molar-refractivity contribution is 5.85. The molecule has 5 nitrogen and oxygen atoms in total. The van der Waals surface area contributed by atoms with Crippen LogP contribution in [-0.4, -0.2) is 27.8 Å². The first-order chi connectivity index (χ1) is 11.7. The third kappa shape index (κ3) is 6.46. The van der Waals surface area contributed by atoms with Crippen molar-refractivity contribution in [2.75, 3.05) is 6.54 Å². The molecule has 0 spiro atoms. The Balaban J connectivity index is 0.00000338. The Kier molecular flexibility index (Phi) is 7.85. The van der Waals surface area contributed by atoms with Gasteiger partial charge in [-0.1, -0.05) is 29.8 Å². The number of aryl methyl sites for hydroxylation is 2. The normalized spacial score (nSPS) is 11.2. The van der Waals surface area contributed by atoms with Crippen LogP contribution >= 0.6 is 12.4 Å². The third-order valence-corrected chi connectivity index (χ3v) is 4.33. The van der Waals surface area contributed by atoms with Crippen molar-refractivity contribution in [3.05, 3.63) is 52.3 Å². The van der Waals surface area contributed by atoms with E-state index in [0.29, 0.717) is 19.4 Å². The van der Waals surface area contributed by atoms with Crippen molar-refractivity contribution in [3.63, 3.8) is 0 Å². The van der Waals surface area contributed by atoms with E-state index in [-0.39, 0.29) is 23.9 Å². The van der Waals surface area contributed by atoms with Gasteiger partial charge in [-0.2, -0.15) is 5.10 Å². The number of nitrogens with one attached hydrogen (secondary N) is 1. The molecule has 26 heavy (non-hydrogen) atoms. The van der Waals surface area contributed by atoms with Crippen LogP contribution in [0.15, 0.2) is 24.3 Å². The summed E-state index contributed by atoms with van der Waals surface area (Å²) in [6.07, 6.45) is 1.15. The maximum Gasteiger partial charge on any atom is 0.220 e. The van der Waals surface area contributed by atoms with Crippen LogP contribution in [-0.2, 0) is 17.8 Å². The van der Waals surface area contributed by atoms with Crippen molar-refractivity contribution in [2.45, 2.75) is 59.5 Å². The van der Waals surface area contributed by atoms with E-state index in [0.717, 1.165) is 23.5 Å². The van der Waals surface area contributed by atoms with E-state index in [4.69, 9.17) is 5.73 Å². The summed E-state index contributed by atoms with van der Waals surface area (Å²) in [7, 11) is 0. The Morgan fingerprint density at radius 2 is 1.81 bits per heavy atom. The Bertz CT molecular complexity index is 730. The van der Waals surface area contributed by atoms with E-state index >= 15 is 0 Å². The molecule has 0 aliphatic rings. The highest BCUT2D eigenvalue weighted by atomic mass is 35.5. The highest BCUT2D eigenvalue weighted by Crippen LogP contribution is 2.17. The number of halogens is 1. The number of benzene rings is 1. The molecule has 0 aliphatic carbocycles. The van der Waals surface area contributed by atoms with Crippen LogP contribution in [0, 0.1) is 20.8 Å². The molecule has 0 fully saturated rings. The molecule has 0 saturated heterocycles. The third-order valence-electron chi connectivity index (χ3n) is 4.33. The first-order valence-corrected chi connectivity index (χ1v) is 8.80. The maximum absolute atomic E-state index is 12.0. The van der Waals surface area contributed by atoms with Gasteiger partial charge in [-0.3, -0.25) is 9.48 Å². The number of nitrogens with two attached hydrogens (primary N) is 1. The number of carbonyl (C=O) groups excluding carboxylic acids is 1. The molecule has 6 heteroatoms. The molecule has 1 aromatic heterocycles. The Morgan fingerprint density at radius 1 is 1.19 bits per heavy atom. The van der Waals surface area contributed by atoms with E-state index in [1.807, 2.05) is 25.5 Å². The van der Waals surface area contributed by atoms with Crippen LogP contribution in [0.5, 0.6) is 0 Å². The van der Waals surface area contributed by atoms with Gasteiger partial charge in [0.25, 0.3) is 0 Å². The largest absolute Gasteiger partial charge is 0.354 e. The molecule has 0 bridgehead atoms. The van der Waals surface area contributed by atoms with E-state index in [9.17, 15) is 4.79 Å². The number of hydrogen-bond donors (Lipinski definition) is 2. The quantitative estimate of drug-likeness (QED) is 0.777. The van der Waals surface area contributed by atoms with Gasteiger partial charge in [-0.25, -0.2) is 0 Å². The molecule has 1 aromatic carbocycles. The average Bonchev–Trinajstić information content (AvgIpc) is 2.79. The summed E-state index contributed by atoms with van der Waals surface area (Å²) in [6.45, 7) is 11.2. The molecule has 0 saturated carbocycles.